The molecular weight excluding hydrogens is 372 g/mol. The Morgan fingerprint density at radius 1 is 1.24 bits per heavy atom. The Balaban J connectivity index is 1.71. The molecule has 3 heterocycles. The van der Waals surface area contributed by atoms with Crippen molar-refractivity contribution in [3.63, 3.8) is 0 Å². The van der Waals surface area contributed by atoms with Gasteiger partial charge >= 0.3 is 5.69 Å². The molecule has 1 aliphatic carbocycles. The summed E-state index contributed by atoms with van der Waals surface area (Å²) in [6.07, 6.45) is 1.60. The van der Waals surface area contributed by atoms with Crippen LogP contribution in [0.25, 0.3) is 11.0 Å². The molecule has 8 heteroatoms. The van der Waals surface area contributed by atoms with E-state index in [1.165, 1.54) is 30.8 Å². The molecule has 3 aromatic heterocycles. The number of hydrogen-bond donors (Lipinski definition) is 1. The molecule has 1 unspecified atom stereocenters. The molecule has 0 fully saturated rings. The molecule has 1 aliphatic rings. The molecule has 0 saturated carbocycles. The van der Waals surface area contributed by atoms with Crippen LogP contribution in [-0.2, 0) is 20.5 Å². The van der Waals surface area contributed by atoms with Crippen LogP contribution in [0.1, 0.15) is 53.9 Å². The quantitative estimate of drug-likeness (QED) is 0.714. The summed E-state index contributed by atoms with van der Waals surface area (Å²) in [5.41, 5.74) is 0.412. The summed E-state index contributed by atoms with van der Waals surface area (Å²) in [5, 5.41) is 3.34. The first kappa shape index (κ1) is 19.2. The molecule has 1 amide bonds. The Bertz CT molecular complexity index is 1260. The molecule has 0 bridgehead atoms. The fourth-order valence-electron chi connectivity index (χ4n) is 4.13. The number of hydrogen-bond acceptors (Lipinski definition) is 5. The fraction of sp³-hybridized carbons (Fsp3) is 0.429. The van der Waals surface area contributed by atoms with Crippen LogP contribution in [0.5, 0.6) is 0 Å². The van der Waals surface area contributed by atoms with Crippen molar-refractivity contribution in [1.82, 2.24) is 19.4 Å². The molecule has 0 aromatic carbocycles. The van der Waals surface area contributed by atoms with Crippen molar-refractivity contribution in [2.75, 3.05) is 0 Å². The molecule has 29 heavy (non-hydrogen) atoms. The minimum atomic E-state index is -0.486. The molecule has 1 N–H and O–H groups in total. The normalized spacial score (nSPS) is 17.9. The van der Waals surface area contributed by atoms with Crippen molar-refractivity contribution in [3.8, 4) is 0 Å². The average Bonchev–Trinajstić information content (AvgIpc) is 3.03. The Morgan fingerprint density at radius 2 is 1.97 bits per heavy atom. The molecule has 1 atom stereocenters. The van der Waals surface area contributed by atoms with Gasteiger partial charge in [0.05, 0.1) is 11.4 Å². The highest BCUT2D eigenvalue weighted by molar-refractivity contribution is 5.94. The van der Waals surface area contributed by atoms with Gasteiger partial charge in [0.1, 0.15) is 22.9 Å². The first-order valence-electron chi connectivity index (χ1n) is 9.54. The van der Waals surface area contributed by atoms with E-state index < -0.39 is 11.2 Å². The van der Waals surface area contributed by atoms with Crippen LogP contribution in [0.2, 0.25) is 0 Å². The molecule has 0 spiro atoms. The molecule has 0 aliphatic heterocycles. The Hall–Kier alpha value is -3.16. The summed E-state index contributed by atoms with van der Waals surface area (Å²) in [4.78, 5) is 41.8. The van der Waals surface area contributed by atoms with Gasteiger partial charge in [-0.1, -0.05) is 13.8 Å². The lowest BCUT2D eigenvalue weighted by Gasteiger charge is -2.34. The first-order chi connectivity index (χ1) is 13.6. The molecule has 3 aromatic rings. The zero-order valence-corrected chi connectivity index (χ0v) is 17.2. The number of fused-ring (bicyclic) bond motifs is 2. The number of aromatic nitrogens is 3. The largest absolute Gasteiger partial charge is 0.466 e. The third kappa shape index (κ3) is 3.18. The molecule has 0 radical (unpaired) electrons. The number of carbonyl (C=O) groups excluding carboxylic acids is 1. The van der Waals surface area contributed by atoms with Crippen LogP contribution >= 0.6 is 0 Å². The Kier molecular flexibility index (Phi) is 4.25. The Morgan fingerprint density at radius 3 is 2.69 bits per heavy atom. The summed E-state index contributed by atoms with van der Waals surface area (Å²) in [6.45, 7) is 6.19. The van der Waals surface area contributed by atoms with Crippen LogP contribution < -0.4 is 16.6 Å². The van der Waals surface area contributed by atoms with E-state index in [0.717, 1.165) is 34.5 Å². The SMILES string of the molecule is Cc1cc2c(o1)CC(C)(C)CC2NC(=O)c1ccc2c(=O)n(C)c(=O)n(C)c2n1. The maximum atomic E-state index is 13.0. The van der Waals surface area contributed by atoms with Crippen LogP contribution in [0.4, 0.5) is 0 Å². The molecular formula is C21H24N4O4. The van der Waals surface area contributed by atoms with E-state index in [1.54, 1.807) is 0 Å². The van der Waals surface area contributed by atoms with Crippen molar-refractivity contribution in [2.45, 2.75) is 39.7 Å². The van der Waals surface area contributed by atoms with Crippen molar-refractivity contribution >= 4 is 16.9 Å². The van der Waals surface area contributed by atoms with Crippen molar-refractivity contribution in [3.05, 3.63) is 61.8 Å². The van der Waals surface area contributed by atoms with Crippen LogP contribution in [-0.4, -0.2) is 20.0 Å². The van der Waals surface area contributed by atoms with Crippen molar-refractivity contribution in [2.24, 2.45) is 19.5 Å². The lowest BCUT2D eigenvalue weighted by molar-refractivity contribution is 0.0912. The lowest BCUT2D eigenvalue weighted by atomic mass is 9.74. The van der Waals surface area contributed by atoms with Gasteiger partial charge in [0, 0.05) is 26.1 Å². The van der Waals surface area contributed by atoms with E-state index in [4.69, 9.17) is 4.42 Å². The number of carbonyl (C=O) groups is 1. The average molecular weight is 396 g/mol. The second-order valence-electron chi connectivity index (χ2n) is 8.58. The van der Waals surface area contributed by atoms with Gasteiger partial charge in [-0.25, -0.2) is 9.78 Å². The predicted molar refractivity (Wildman–Crippen MR) is 108 cm³/mol. The lowest BCUT2D eigenvalue weighted by Crippen LogP contribution is -2.38. The van der Waals surface area contributed by atoms with Gasteiger partial charge < -0.3 is 9.73 Å². The second kappa shape index (κ2) is 6.43. The number of nitrogens with zero attached hydrogens (tertiary/aromatic N) is 3. The Labute approximate surface area is 167 Å². The highest BCUT2D eigenvalue weighted by atomic mass is 16.3. The molecule has 152 valence electrons. The number of aryl methyl sites for hydroxylation is 2. The summed E-state index contributed by atoms with van der Waals surface area (Å²) in [5.74, 6) is 1.37. The summed E-state index contributed by atoms with van der Waals surface area (Å²) < 4.78 is 8.13. The first-order valence-corrected chi connectivity index (χ1v) is 9.54. The molecule has 8 nitrogen and oxygen atoms in total. The van der Waals surface area contributed by atoms with Gasteiger partial charge in [0.25, 0.3) is 11.5 Å². The number of rotatable bonds is 2. The third-order valence-electron chi connectivity index (χ3n) is 5.58. The zero-order chi connectivity index (χ0) is 21.1. The maximum Gasteiger partial charge on any atom is 0.332 e. The van der Waals surface area contributed by atoms with Crippen LogP contribution in [0.3, 0.4) is 0 Å². The minimum Gasteiger partial charge on any atom is -0.466 e. The van der Waals surface area contributed by atoms with Gasteiger partial charge in [-0.15, -0.1) is 0 Å². The topological polar surface area (TPSA) is 99.1 Å². The number of pyridine rings is 1. The fourth-order valence-corrected chi connectivity index (χ4v) is 4.13. The van der Waals surface area contributed by atoms with E-state index in [2.05, 4.69) is 24.1 Å². The minimum absolute atomic E-state index is 0.0117. The smallest absolute Gasteiger partial charge is 0.332 e. The summed E-state index contributed by atoms with van der Waals surface area (Å²) in [7, 11) is 2.95. The summed E-state index contributed by atoms with van der Waals surface area (Å²) in [6, 6.07) is 4.83. The van der Waals surface area contributed by atoms with Gasteiger partial charge in [0.15, 0.2) is 0 Å². The van der Waals surface area contributed by atoms with Crippen molar-refractivity contribution < 1.29 is 9.21 Å². The van der Waals surface area contributed by atoms with Gasteiger partial charge in [-0.05, 0) is 37.0 Å². The van der Waals surface area contributed by atoms with E-state index in [9.17, 15) is 14.4 Å². The van der Waals surface area contributed by atoms with E-state index >= 15 is 0 Å². The third-order valence-corrected chi connectivity index (χ3v) is 5.58. The van der Waals surface area contributed by atoms with E-state index in [1.807, 2.05) is 13.0 Å². The number of nitrogens with one attached hydrogen (secondary N) is 1. The maximum absolute atomic E-state index is 13.0. The van der Waals surface area contributed by atoms with Crippen LogP contribution in [0, 0.1) is 12.3 Å². The highest BCUT2D eigenvalue weighted by Gasteiger charge is 2.35. The number of amides is 1. The monoisotopic (exact) mass is 396 g/mol. The van der Waals surface area contributed by atoms with Gasteiger partial charge in [0.2, 0.25) is 0 Å². The van der Waals surface area contributed by atoms with Crippen LogP contribution in [0.15, 0.2) is 32.2 Å². The molecule has 0 saturated heterocycles. The second-order valence-corrected chi connectivity index (χ2v) is 8.58. The zero-order valence-electron chi connectivity index (χ0n) is 17.2. The highest BCUT2D eigenvalue weighted by Crippen LogP contribution is 2.42. The van der Waals surface area contributed by atoms with E-state index in [-0.39, 0.29) is 34.1 Å². The number of furan rings is 1. The summed E-state index contributed by atoms with van der Waals surface area (Å²) >= 11 is 0. The van der Waals surface area contributed by atoms with E-state index in [0.29, 0.717) is 0 Å². The standard InChI is InChI=1S/C21H24N4O4/c1-11-8-13-15(9-21(2,3)10-16(13)29-11)23-18(26)14-7-6-12-17(22-14)24(4)20(28)25(5)19(12)27/h6-8,15H,9-10H2,1-5H3,(H,23,26). The van der Waals surface area contributed by atoms with Gasteiger partial charge in [-0.2, -0.15) is 0 Å². The van der Waals surface area contributed by atoms with Gasteiger partial charge in [-0.3, -0.25) is 18.7 Å². The predicted octanol–water partition coefficient (Wildman–Crippen LogP) is 1.98. The van der Waals surface area contributed by atoms with Crippen molar-refractivity contribution in [1.29, 1.82) is 0 Å². The molecule has 4 rings (SSSR count).